The second kappa shape index (κ2) is 13.8. The minimum absolute atomic E-state index is 0.243. The largest absolute Gasteiger partial charge is 0.397 e. The van der Waals surface area contributed by atoms with E-state index in [9.17, 15) is 9.59 Å². The van der Waals surface area contributed by atoms with Crippen molar-refractivity contribution in [3.05, 3.63) is 47.5 Å². The van der Waals surface area contributed by atoms with Gasteiger partial charge in [0, 0.05) is 24.2 Å². The van der Waals surface area contributed by atoms with Gasteiger partial charge in [0.1, 0.15) is 0 Å². The third-order valence-corrected chi connectivity index (χ3v) is 4.51. The molecule has 0 bridgehead atoms. The predicted octanol–water partition coefficient (Wildman–Crippen LogP) is 0.225. The lowest BCUT2D eigenvalue weighted by Gasteiger charge is -2.09. The van der Waals surface area contributed by atoms with E-state index in [1.165, 1.54) is 12.1 Å². The predicted molar refractivity (Wildman–Crippen MR) is 128 cm³/mol. The Labute approximate surface area is 192 Å². The van der Waals surface area contributed by atoms with Gasteiger partial charge in [-0.25, -0.2) is 0 Å². The normalized spacial score (nSPS) is 10.7. The first-order valence-corrected chi connectivity index (χ1v) is 10.5. The van der Waals surface area contributed by atoms with Crippen molar-refractivity contribution in [2.24, 2.45) is 0 Å². The van der Waals surface area contributed by atoms with Gasteiger partial charge in [0.05, 0.1) is 62.4 Å². The third kappa shape index (κ3) is 9.23. The molecule has 0 saturated heterocycles. The molecule has 0 saturated carbocycles. The van der Waals surface area contributed by atoms with Gasteiger partial charge in [-0.2, -0.15) is 0 Å². The van der Waals surface area contributed by atoms with Crippen LogP contribution in [0.4, 0.5) is 22.7 Å². The molecule has 0 atom stereocenters. The lowest BCUT2D eigenvalue weighted by Crippen LogP contribution is -2.28. The number of amides is 2. The van der Waals surface area contributed by atoms with Gasteiger partial charge in [-0.1, -0.05) is 0 Å². The van der Waals surface area contributed by atoms with Crippen molar-refractivity contribution in [2.45, 2.75) is 0 Å². The lowest BCUT2D eigenvalue weighted by atomic mass is 10.1. The molecule has 0 fully saturated rings. The zero-order chi connectivity index (χ0) is 24.1. The smallest absolute Gasteiger partial charge is 0.251 e. The van der Waals surface area contributed by atoms with E-state index in [4.69, 9.17) is 37.1 Å². The van der Waals surface area contributed by atoms with Crippen LogP contribution in [0.5, 0.6) is 0 Å². The number of nitrogens with one attached hydrogen (secondary N) is 2. The first kappa shape index (κ1) is 25.7. The Morgan fingerprint density at radius 2 is 0.939 bits per heavy atom. The number of hydrogen-bond acceptors (Lipinski definition) is 9. The van der Waals surface area contributed by atoms with E-state index in [0.29, 0.717) is 86.6 Å². The number of anilines is 4. The van der Waals surface area contributed by atoms with Gasteiger partial charge >= 0.3 is 0 Å². The maximum absolute atomic E-state index is 12.0. The van der Waals surface area contributed by atoms with Crippen LogP contribution in [0.1, 0.15) is 20.7 Å². The van der Waals surface area contributed by atoms with Gasteiger partial charge in [-0.05, 0) is 36.4 Å². The van der Waals surface area contributed by atoms with E-state index in [2.05, 4.69) is 10.6 Å². The molecule has 11 nitrogen and oxygen atoms in total. The number of ether oxygens (including phenoxy) is 3. The summed E-state index contributed by atoms with van der Waals surface area (Å²) < 4.78 is 16.2. The topological polar surface area (TPSA) is 190 Å². The van der Waals surface area contributed by atoms with E-state index in [0.717, 1.165) is 0 Å². The van der Waals surface area contributed by atoms with Crippen molar-refractivity contribution in [3.63, 3.8) is 0 Å². The summed E-state index contributed by atoms with van der Waals surface area (Å²) >= 11 is 0. The van der Waals surface area contributed by atoms with Gasteiger partial charge in [0.15, 0.2) is 0 Å². The summed E-state index contributed by atoms with van der Waals surface area (Å²) in [6.07, 6.45) is 0. The SMILES string of the molecule is Nc1ccc(C(=O)NCCOCCOCCOCCNC(=O)c2ccc(N)c(N)c2)cc1N. The molecule has 0 aliphatic heterocycles. The van der Waals surface area contributed by atoms with Gasteiger partial charge in [-0.15, -0.1) is 0 Å². The zero-order valence-corrected chi connectivity index (χ0v) is 18.5. The molecule has 10 N–H and O–H groups in total. The number of nitrogens with two attached hydrogens (primary N) is 4. The lowest BCUT2D eigenvalue weighted by molar-refractivity contribution is 0.0157. The highest BCUT2D eigenvalue weighted by Gasteiger charge is 2.07. The van der Waals surface area contributed by atoms with Crippen LogP contribution in [0.3, 0.4) is 0 Å². The van der Waals surface area contributed by atoms with Gasteiger partial charge in [-0.3, -0.25) is 9.59 Å². The number of benzene rings is 2. The van der Waals surface area contributed by atoms with Crippen molar-refractivity contribution in [2.75, 3.05) is 75.7 Å². The number of hydrogen-bond donors (Lipinski definition) is 6. The van der Waals surface area contributed by atoms with Crippen LogP contribution in [0.15, 0.2) is 36.4 Å². The molecule has 2 aromatic rings. The molecule has 0 unspecified atom stereocenters. The Morgan fingerprint density at radius 3 is 1.30 bits per heavy atom. The fourth-order valence-electron chi connectivity index (χ4n) is 2.65. The van der Waals surface area contributed by atoms with Gasteiger partial charge in [0.2, 0.25) is 0 Å². The minimum Gasteiger partial charge on any atom is -0.397 e. The Hall–Kier alpha value is -3.54. The summed E-state index contributed by atoms with van der Waals surface area (Å²) in [5.41, 5.74) is 25.1. The fraction of sp³-hybridized carbons (Fsp3) is 0.364. The van der Waals surface area contributed by atoms with E-state index in [1.54, 1.807) is 24.3 Å². The van der Waals surface area contributed by atoms with Crippen molar-refractivity contribution in [1.29, 1.82) is 0 Å². The molecule has 180 valence electrons. The molecular formula is C22H32N6O5. The van der Waals surface area contributed by atoms with E-state index < -0.39 is 0 Å². The van der Waals surface area contributed by atoms with Crippen LogP contribution in [-0.2, 0) is 14.2 Å². The molecule has 0 spiro atoms. The summed E-state index contributed by atoms with van der Waals surface area (Å²) in [7, 11) is 0. The summed E-state index contributed by atoms with van der Waals surface area (Å²) in [5, 5.41) is 5.47. The molecule has 0 aliphatic carbocycles. The van der Waals surface area contributed by atoms with Crippen LogP contribution < -0.4 is 33.6 Å². The Balaban J connectivity index is 1.40. The molecule has 0 aliphatic rings. The molecule has 0 aromatic heterocycles. The fourth-order valence-corrected chi connectivity index (χ4v) is 2.65. The zero-order valence-electron chi connectivity index (χ0n) is 18.5. The highest BCUT2D eigenvalue weighted by Crippen LogP contribution is 2.16. The Morgan fingerprint density at radius 1 is 0.576 bits per heavy atom. The van der Waals surface area contributed by atoms with Crippen LogP contribution in [0.25, 0.3) is 0 Å². The molecule has 33 heavy (non-hydrogen) atoms. The highest BCUT2D eigenvalue weighted by molar-refractivity contribution is 5.96. The van der Waals surface area contributed by atoms with Crippen LogP contribution >= 0.6 is 0 Å². The van der Waals surface area contributed by atoms with Gasteiger partial charge in [0.25, 0.3) is 11.8 Å². The summed E-state index contributed by atoms with van der Waals surface area (Å²) in [5.74, 6) is -0.486. The van der Waals surface area contributed by atoms with Crippen LogP contribution in [0.2, 0.25) is 0 Å². The Bertz CT molecular complexity index is 851. The summed E-state index contributed by atoms with van der Waals surface area (Å²) in [6.45, 7) is 3.03. The molecule has 2 aromatic carbocycles. The standard InChI is InChI=1S/C22H32N6O5/c23-17-3-1-15(13-19(17)25)21(29)27-5-7-31-9-11-33-12-10-32-8-6-28-22(30)16-2-4-18(24)20(26)14-16/h1-4,13-14H,5-12,23-26H2,(H,27,29)(H,28,30). The quantitative estimate of drug-likeness (QED) is 0.169. The van der Waals surface area contributed by atoms with E-state index >= 15 is 0 Å². The molecule has 2 rings (SSSR count). The summed E-state index contributed by atoms with van der Waals surface area (Å²) in [4.78, 5) is 24.0. The maximum atomic E-state index is 12.0. The van der Waals surface area contributed by atoms with Crippen molar-refractivity contribution >= 4 is 34.6 Å². The van der Waals surface area contributed by atoms with Crippen molar-refractivity contribution < 1.29 is 23.8 Å². The molecule has 0 radical (unpaired) electrons. The number of carbonyl (C=O) groups is 2. The number of rotatable bonds is 14. The highest BCUT2D eigenvalue weighted by atomic mass is 16.5. The first-order chi connectivity index (χ1) is 15.9. The average Bonchev–Trinajstić information content (AvgIpc) is 2.80. The number of nitrogen functional groups attached to an aromatic ring is 4. The molecule has 11 heteroatoms. The Kier molecular flexibility index (Phi) is 10.7. The van der Waals surface area contributed by atoms with Crippen molar-refractivity contribution in [1.82, 2.24) is 10.6 Å². The monoisotopic (exact) mass is 460 g/mol. The van der Waals surface area contributed by atoms with Crippen molar-refractivity contribution in [3.8, 4) is 0 Å². The van der Waals surface area contributed by atoms with Crippen LogP contribution in [0, 0.1) is 0 Å². The maximum Gasteiger partial charge on any atom is 0.251 e. The van der Waals surface area contributed by atoms with E-state index in [-0.39, 0.29) is 11.8 Å². The van der Waals surface area contributed by atoms with E-state index in [1.807, 2.05) is 0 Å². The molecular weight excluding hydrogens is 428 g/mol. The molecule has 2 amide bonds. The number of carbonyl (C=O) groups excluding carboxylic acids is 2. The second-order valence-electron chi connectivity index (χ2n) is 7.04. The van der Waals surface area contributed by atoms with Crippen LogP contribution in [-0.4, -0.2) is 64.5 Å². The minimum atomic E-state index is -0.243. The second-order valence-corrected chi connectivity index (χ2v) is 7.04. The van der Waals surface area contributed by atoms with Gasteiger partial charge < -0.3 is 47.8 Å². The molecule has 0 heterocycles. The third-order valence-electron chi connectivity index (χ3n) is 4.51. The first-order valence-electron chi connectivity index (χ1n) is 10.5. The summed E-state index contributed by atoms with van der Waals surface area (Å²) in [6, 6.07) is 9.48. The average molecular weight is 461 g/mol.